The molecule has 0 spiro atoms. The maximum Gasteiger partial charge on any atom is 0.413 e. The van der Waals surface area contributed by atoms with E-state index in [0.717, 1.165) is 5.56 Å². The van der Waals surface area contributed by atoms with E-state index in [1.165, 1.54) is 4.57 Å². The van der Waals surface area contributed by atoms with Crippen LogP contribution in [0.3, 0.4) is 0 Å². The third kappa shape index (κ3) is 3.34. The van der Waals surface area contributed by atoms with Gasteiger partial charge in [0.25, 0.3) is 5.91 Å². The van der Waals surface area contributed by atoms with E-state index in [2.05, 4.69) is 9.83 Å². The minimum Gasteiger partial charge on any atom is -0.269 e. The van der Waals surface area contributed by atoms with Gasteiger partial charge in [0.1, 0.15) is 5.82 Å². The monoisotopic (exact) mass is 393 g/mol. The highest BCUT2D eigenvalue weighted by atomic mass is 19.4. The molecule has 0 saturated heterocycles. The van der Waals surface area contributed by atoms with Gasteiger partial charge in [0.15, 0.2) is 5.69 Å². The number of hydrogen-bond donors (Lipinski definition) is 0. The SMILES string of the molecule is [C-]#[N+]c1ccc(-c2c(-c3ccc(C)cc3)nc3n2C(=O)C=C(C(F)(F)F)C3)cc1. The van der Waals surface area contributed by atoms with Gasteiger partial charge < -0.3 is 0 Å². The van der Waals surface area contributed by atoms with Crippen LogP contribution >= 0.6 is 0 Å². The van der Waals surface area contributed by atoms with Gasteiger partial charge in [0.05, 0.1) is 18.0 Å². The Kier molecular flexibility index (Phi) is 4.35. The van der Waals surface area contributed by atoms with Crippen LogP contribution in [-0.2, 0) is 6.42 Å². The molecule has 29 heavy (non-hydrogen) atoms. The summed E-state index contributed by atoms with van der Waals surface area (Å²) in [5, 5.41) is 0. The van der Waals surface area contributed by atoms with Crippen LogP contribution in [0.1, 0.15) is 16.2 Å². The number of halogens is 3. The fourth-order valence-corrected chi connectivity index (χ4v) is 3.31. The largest absolute Gasteiger partial charge is 0.413 e. The van der Waals surface area contributed by atoms with Crippen LogP contribution in [0.25, 0.3) is 27.4 Å². The molecule has 0 saturated carbocycles. The quantitative estimate of drug-likeness (QED) is 0.519. The third-order valence-electron chi connectivity index (χ3n) is 4.77. The summed E-state index contributed by atoms with van der Waals surface area (Å²) in [7, 11) is 0. The van der Waals surface area contributed by atoms with Crippen LogP contribution in [0.15, 0.2) is 60.2 Å². The Morgan fingerprint density at radius 2 is 1.66 bits per heavy atom. The van der Waals surface area contributed by atoms with E-state index in [1.807, 2.05) is 31.2 Å². The molecule has 144 valence electrons. The molecule has 0 radical (unpaired) electrons. The van der Waals surface area contributed by atoms with Gasteiger partial charge in [-0.3, -0.25) is 9.36 Å². The van der Waals surface area contributed by atoms with Crippen molar-refractivity contribution in [1.82, 2.24) is 9.55 Å². The zero-order valence-electron chi connectivity index (χ0n) is 15.3. The van der Waals surface area contributed by atoms with Crippen LogP contribution in [0.2, 0.25) is 0 Å². The van der Waals surface area contributed by atoms with Crippen LogP contribution in [0, 0.1) is 13.5 Å². The first-order chi connectivity index (χ1) is 13.8. The smallest absolute Gasteiger partial charge is 0.269 e. The highest BCUT2D eigenvalue weighted by Crippen LogP contribution is 2.38. The highest BCUT2D eigenvalue weighted by Gasteiger charge is 2.39. The van der Waals surface area contributed by atoms with Crippen molar-refractivity contribution >= 4 is 11.6 Å². The number of nitrogens with zero attached hydrogens (tertiary/aromatic N) is 3. The average molecular weight is 393 g/mol. The first-order valence-electron chi connectivity index (χ1n) is 8.76. The summed E-state index contributed by atoms with van der Waals surface area (Å²) >= 11 is 0. The van der Waals surface area contributed by atoms with Crippen molar-refractivity contribution in [2.24, 2.45) is 0 Å². The lowest BCUT2D eigenvalue weighted by atomic mass is 10.0. The molecule has 0 aliphatic carbocycles. The lowest BCUT2D eigenvalue weighted by Gasteiger charge is -2.18. The molecular weight excluding hydrogens is 379 g/mol. The van der Waals surface area contributed by atoms with Crippen LogP contribution in [0.4, 0.5) is 18.9 Å². The standard InChI is InChI=1S/C22H14F3N3O/c1-13-3-5-14(6-4-13)20-21(15-7-9-17(26-2)10-8-15)28-18(27-20)11-16(12-19(28)29)22(23,24)25/h3-10,12H,11H2,1H3. The molecule has 1 aliphatic heterocycles. The van der Waals surface area contributed by atoms with E-state index in [1.54, 1.807) is 24.3 Å². The van der Waals surface area contributed by atoms with Gasteiger partial charge in [0, 0.05) is 23.6 Å². The number of allylic oxidation sites excluding steroid dienone is 2. The third-order valence-corrected chi connectivity index (χ3v) is 4.77. The van der Waals surface area contributed by atoms with Gasteiger partial charge in [-0.25, -0.2) is 9.83 Å². The van der Waals surface area contributed by atoms with Gasteiger partial charge >= 0.3 is 6.18 Å². The normalized spacial score (nSPS) is 13.6. The van der Waals surface area contributed by atoms with E-state index < -0.39 is 24.1 Å². The zero-order chi connectivity index (χ0) is 20.8. The second kappa shape index (κ2) is 6.74. The van der Waals surface area contributed by atoms with Gasteiger partial charge in [-0.1, -0.05) is 54.1 Å². The molecule has 0 N–H and O–H groups in total. The maximum atomic E-state index is 13.2. The Bertz CT molecular complexity index is 1180. The zero-order valence-corrected chi connectivity index (χ0v) is 15.3. The van der Waals surface area contributed by atoms with E-state index in [0.29, 0.717) is 34.3 Å². The lowest BCUT2D eigenvalue weighted by Crippen LogP contribution is -2.25. The molecule has 0 atom stereocenters. The van der Waals surface area contributed by atoms with E-state index in [4.69, 9.17) is 6.57 Å². The molecule has 3 aromatic rings. The number of benzene rings is 2. The average Bonchev–Trinajstić information content (AvgIpc) is 3.08. The van der Waals surface area contributed by atoms with E-state index >= 15 is 0 Å². The molecule has 2 aromatic carbocycles. The van der Waals surface area contributed by atoms with Crippen molar-refractivity contribution in [2.75, 3.05) is 0 Å². The minimum absolute atomic E-state index is 0.0460. The molecule has 0 unspecified atom stereocenters. The molecule has 1 aliphatic rings. The summed E-state index contributed by atoms with van der Waals surface area (Å²) in [5.41, 5.74) is 2.69. The molecule has 0 bridgehead atoms. The molecule has 4 rings (SSSR count). The minimum atomic E-state index is -4.59. The second-order valence-corrected chi connectivity index (χ2v) is 6.77. The summed E-state index contributed by atoms with van der Waals surface area (Å²) in [4.78, 5) is 20.4. The molecule has 0 fully saturated rings. The van der Waals surface area contributed by atoms with Crippen molar-refractivity contribution < 1.29 is 18.0 Å². The van der Waals surface area contributed by atoms with Crippen LogP contribution in [0.5, 0.6) is 0 Å². The Labute approximate surface area is 164 Å². The van der Waals surface area contributed by atoms with E-state index in [-0.39, 0.29) is 5.82 Å². The molecule has 4 nitrogen and oxygen atoms in total. The van der Waals surface area contributed by atoms with Gasteiger partial charge in [-0.2, -0.15) is 13.2 Å². The van der Waals surface area contributed by atoms with Gasteiger partial charge in [-0.05, 0) is 12.5 Å². The molecule has 0 amide bonds. The van der Waals surface area contributed by atoms with Gasteiger partial charge in [-0.15, -0.1) is 0 Å². The van der Waals surface area contributed by atoms with Crippen LogP contribution in [-0.4, -0.2) is 21.6 Å². The number of alkyl halides is 3. The molecule has 2 heterocycles. The predicted octanol–water partition coefficient (Wildman–Crippen LogP) is 5.76. The summed E-state index contributed by atoms with van der Waals surface area (Å²) in [6.45, 7) is 9.01. The van der Waals surface area contributed by atoms with Crippen LogP contribution < -0.4 is 0 Å². The first-order valence-corrected chi connectivity index (χ1v) is 8.76. The number of aryl methyl sites for hydroxylation is 1. The second-order valence-electron chi connectivity index (χ2n) is 6.77. The molecule has 7 heteroatoms. The summed E-state index contributed by atoms with van der Waals surface area (Å²) in [6.07, 6.45) is -4.44. The fraction of sp³-hybridized carbons (Fsp3) is 0.136. The molecular formula is C22H14F3N3O. The van der Waals surface area contributed by atoms with Crippen molar-refractivity contribution in [2.45, 2.75) is 19.5 Å². The number of aromatic nitrogens is 2. The molecule has 1 aromatic heterocycles. The number of imidazole rings is 1. The Hall–Kier alpha value is -3.66. The Morgan fingerprint density at radius 3 is 2.24 bits per heavy atom. The maximum absolute atomic E-state index is 13.2. The number of carbonyl (C=O) groups excluding carboxylic acids is 1. The number of hydrogen-bond acceptors (Lipinski definition) is 2. The lowest BCUT2D eigenvalue weighted by molar-refractivity contribution is -0.0937. The Morgan fingerprint density at radius 1 is 1.03 bits per heavy atom. The summed E-state index contributed by atoms with van der Waals surface area (Å²) in [5.74, 6) is -0.738. The topological polar surface area (TPSA) is 39.2 Å². The number of rotatable bonds is 2. The van der Waals surface area contributed by atoms with E-state index in [9.17, 15) is 18.0 Å². The van der Waals surface area contributed by atoms with Crippen molar-refractivity contribution in [1.29, 1.82) is 0 Å². The number of carbonyl (C=O) groups is 1. The van der Waals surface area contributed by atoms with Crippen molar-refractivity contribution in [3.05, 3.63) is 83.0 Å². The first kappa shape index (κ1) is 18.7. The summed E-state index contributed by atoms with van der Waals surface area (Å²) < 4.78 is 40.8. The van der Waals surface area contributed by atoms with Gasteiger partial charge in [0.2, 0.25) is 0 Å². The van der Waals surface area contributed by atoms with Crippen molar-refractivity contribution in [3.63, 3.8) is 0 Å². The van der Waals surface area contributed by atoms with Crippen molar-refractivity contribution in [3.8, 4) is 22.5 Å². The fourth-order valence-electron chi connectivity index (χ4n) is 3.31. The predicted molar refractivity (Wildman–Crippen MR) is 103 cm³/mol. The summed E-state index contributed by atoms with van der Waals surface area (Å²) in [6, 6.07) is 13.9. The highest BCUT2D eigenvalue weighted by molar-refractivity contribution is 5.98. The number of fused-ring (bicyclic) bond motifs is 1. The Balaban J connectivity index is 1.94.